The van der Waals surface area contributed by atoms with Gasteiger partial charge in [-0.05, 0) is 16.7 Å². The fourth-order valence-electron chi connectivity index (χ4n) is 2.32. The maximum absolute atomic E-state index is 11.4. The van der Waals surface area contributed by atoms with Crippen molar-refractivity contribution in [2.45, 2.75) is 27.7 Å². The lowest BCUT2D eigenvalue weighted by molar-refractivity contribution is -0.139. The maximum Gasteiger partial charge on any atom is 0.310 e. The van der Waals surface area contributed by atoms with Gasteiger partial charge in [0.1, 0.15) is 6.54 Å². The van der Waals surface area contributed by atoms with Crippen molar-refractivity contribution in [3.63, 3.8) is 0 Å². The van der Waals surface area contributed by atoms with E-state index < -0.39 is 11.8 Å². The molecule has 17 heavy (non-hydrogen) atoms. The van der Waals surface area contributed by atoms with E-state index in [1.54, 1.807) is 6.07 Å². The molecule has 0 aromatic heterocycles. The molecule has 0 spiro atoms. The van der Waals surface area contributed by atoms with Gasteiger partial charge in [0.15, 0.2) is 0 Å². The van der Waals surface area contributed by atoms with Crippen LogP contribution in [0.4, 0.5) is 0 Å². The molecule has 0 saturated heterocycles. The van der Waals surface area contributed by atoms with Crippen LogP contribution in [0.25, 0.3) is 0 Å². The summed E-state index contributed by atoms with van der Waals surface area (Å²) in [6.07, 6.45) is 0. The molecule has 0 unspecified atom stereocenters. The van der Waals surface area contributed by atoms with Gasteiger partial charge in [0.05, 0.1) is 6.07 Å². The van der Waals surface area contributed by atoms with Gasteiger partial charge in [-0.25, -0.2) is 0 Å². The second kappa shape index (κ2) is 4.36. The number of nitriles is 1. The standard InChI is InChI=1S/C12H19N3O2/c1-11(2)8(12(11,3)4)7-15-10(17)9(16)14-6-5-13/h8H,6-7H2,1-4H3,(H,14,16)(H,15,17). The maximum atomic E-state index is 11.4. The van der Waals surface area contributed by atoms with Gasteiger partial charge < -0.3 is 10.6 Å². The van der Waals surface area contributed by atoms with Crippen LogP contribution in [0.15, 0.2) is 0 Å². The number of rotatable bonds is 3. The van der Waals surface area contributed by atoms with Gasteiger partial charge in [0, 0.05) is 6.54 Å². The summed E-state index contributed by atoms with van der Waals surface area (Å²) in [6, 6.07) is 1.74. The minimum absolute atomic E-state index is 0.146. The lowest BCUT2D eigenvalue weighted by atomic mass is 10.0. The monoisotopic (exact) mass is 237 g/mol. The van der Waals surface area contributed by atoms with Crippen LogP contribution in [0.5, 0.6) is 0 Å². The van der Waals surface area contributed by atoms with Crippen LogP contribution in [0.2, 0.25) is 0 Å². The summed E-state index contributed by atoms with van der Waals surface area (Å²) in [4.78, 5) is 22.6. The van der Waals surface area contributed by atoms with Gasteiger partial charge in [-0.3, -0.25) is 9.59 Å². The summed E-state index contributed by atoms with van der Waals surface area (Å²) < 4.78 is 0. The van der Waals surface area contributed by atoms with E-state index in [-0.39, 0.29) is 17.4 Å². The molecule has 94 valence electrons. The first-order valence-electron chi connectivity index (χ1n) is 5.68. The predicted molar refractivity (Wildman–Crippen MR) is 62.7 cm³/mol. The highest BCUT2D eigenvalue weighted by Crippen LogP contribution is 2.67. The number of hydrogen-bond acceptors (Lipinski definition) is 3. The normalized spacial score (nSPS) is 20.2. The molecule has 0 heterocycles. The topological polar surface area (TPSA) is 82.0 Å². The summed E-state index contributed by atoms with van der Waals surface area (Å²) in [5.41, 5.74) is 0.368. The van der Waals surface area contributed by atoms with Crippen molar-refractivity contribution in [3.05, 3.63) is 0 Å². The lowest BCUT2D eigenvalue weighted by Gasteiger charge is -2.05. The molecule has 1 aliphatic rings. The third kappa shape index (κ3) is 2.41. The van der Waals surface area contributed by atoms with E-state index in [2.05, 4.69) is 38.3 Å². The first kappa shape index (κ1) is 13.5. The van der Waals surface area contributed by atoms with E-state index in [0.29, 0.717) is 12.5 Å². The van der Waals surface area contributed by atoms with Crippen LogP contribution in [0.3, 0.4) is 0 Å². The van der Waals surface area contributed by atoms with Gasteiger partial charge in [-0.1, -0.05) is 27.7 Å². The average Bonchev–Trinajstić information content (AvgIpc) is 2.63. The Kier molecular flexibility index (Phi) is 3.46. The summed E-state index contributed by atoms with van der Waals surface area (Å²) >= 11 is 0. The zero-order valence-corrected chi connectivity index (χ0v) is 10.8. The van der Waals surface area contributed by atoms with Gasteiger partial charge in [0.25, 0.3) is 0 Å². The quantitative estimate of drug-likeness (QED) is 0.551. The Labute approximate surface area is 102 Å². The summed E-state index contributed by atoms with van der Waals surface area (Å²) in [7, 11) is 0. The largest absolute Gasteiger partial charge is 0.348 e. The van der Waals surface area contributed by atoms with Crippen molar-refractivity contribution in [1.29, 1.82) is 5.26 Å². The number of amides is 2. The molecular weight excluding hydrogens is 218 g/mol. The molecule has 1 aliphatic carbocycles. The zero-order valence-electron chi connectivity index (χ0n) is 10.8. The molecule has 5 nitrogen and oxygen atoms in total. The van der Waals surface area contributed by atoms with E-state index in [0.717, 1.165) is 0 Å². The van der Waals surface area contributed by atoms with Gasteiger partial charge in [0.2, 0.25) is 0 Å². The highest BCUT2D eigenvalue weighted by molar-refractivity contribution is 6.35. The summed E-state index contributed by atoms with van der Waals surface area (Å²) in [6.45, 7) is 8.96. The van der Waals surface area contributed by atoms with Crippen molar-refractivity contribution >= 4 is 11.8 Å². The Morgan fingerprint density at radius 2 is 1.59 bits per heavy atom. The number of carbonyl (C=O) groups excluding carboxylic acids is 2. The van der Waals surface area contributed by atoms with Crippen LogP contribution >= 0.6 is 0 Å². The van der Waals surface area contributed by atoms with Crippen molar-refractivity contribution in [1.82, 2.24) is 10.6 Å². The van der Waals surface area contributed by atoms with Gasteiger partial charge in [-0.15, -0.1) is 0 Å². The predicted octanol–water partition coefficient (Wildman–Crippen LogP) is 0.425. The molecule has 0 bridgehead atoms. The molecule has 2 N–H and O–H groups in total. The van der Waals surface area contributed by atoms with E-state index in [9.17, 15) is 9.59 Å². The number of hydrogen-bond donors (Lipinski definition) is 2. The highest BCUT2D eigenvalue weighted by Gasteiger charge is 2.64. The third-order valence-corrected chi connectivity index (χ3v) is 4.32. The van der Waals surface area contributed by atoms with Crippen LogP contribution in [-0.4, -0.2) is 24.9 Å². The van der Waals surface area contributed by atoms with Gasteiger partial charge >= 0.3 is 11.8 Å². The molecule has 0 atom stereocenters. The van der Waals surface area contributed by atoms with Crippen LogP contribution < -0.4 is 10.6 Å². The fourth-order valence-corrected chi connectivity index (χ4v) is 2.32. The molecule has 0 aromatic rings. The molecule has 1 saturated carbocycles. The van der Waals surface area contributed by atoms with Crippen molar-refractivity contribution < 1.29 is 9.59 Å². The lowest BCUT2D eigenvalue weighted by Crippen LogP contribution is -2.41. The minimum atomic E-state index is -0.747. The first-order chi connectivity index (χ1) is 7.75. The smallest absolute Gasteiger partial charge is 0.310 e. The third-order valence-electron chi connectivity index (χ3n) is 4.32. The van der Waals surface area contributed by atoms with E-state index >= 15 is 0 Å². The molecule has 2 amide bonds. The second-order valence-corrected chi connectivity index (χ2v) is 5.55. The average molecular weight is 237 g/mol. The summed E-state index contributed by atoms with van der Waals surface area (Å²) in [5, 5.41) is 13.1. The van der Waals surface area contributed by atoms with E-state index in [1.807, 2.05) is 0 Å². The SMILES string of the molecule is CC1(C)C(CNC(=O)C(=O)NCC#N)C1(C)C. The zero-order chi connectivity index (χ0) is 13.3. The number of nitrogens with zero attached hydrogens (tertiary/aromatic N) is 1. The van der Waals surface area contributed by atoms with Crippen LogP contribution in [0.1, 0.15) is 27.7 Å². The van der Waals surface area contributed by atoms with E-state index in [4.69, 9.17) is 5.26 Å². The van der Waals surface area contributed by atoms with Crippen molar-refractivity contribution in [3.8, 4) is 6.07 Å². The van der Waals surface area contributed by atoms with Gasteiger partial charge in [-0.2, -0.15) is 5.26 Å². The number of nitrogens with one attached hydrogen (secondary N) is 2. The molecule has 1 fully saturated rings. The Morgan fingerprint density at radius 3 is 2.00 bits per heavy atom. The fraction of sp³-hybridized carbons (Fsp3) is 0.750. The molecule has 0 aromatic carbocycles. The molecule has 1 rings (SSSR count). The number of carbonyl (C=O) groups is 2. The first-order valence-corrected chi connectivity index (χ1v) is 5.68. The highest BCUT2D eigenvalue weighted by atomic mass is 16.2. The minimum Gasteiger partial charge on any atom is -0.348 e. The van der Waals surface area contributed by atoms with Crippen molar-refractivity contribution in [2.75, 3.05) is 13.1 Å². The second-order valence-electron chi connectivity index (χ2n) is 5.55. The Morgan fingerprint density at radius 1 is 1.12 bits per heavy atom. The van der Waals surface area contributed by atoms with E-state index in [1.165, 1.54) is 0 Å². The summed E-state index contributed by atoms with van der Waals surface area (Å²) in [5.74, 6) is -1.04. The molecule has 0 radical (unpaired) electrons. The van der Waals surface area contributed by atoms with Crippen LogP contribution in [-0.2, 0) is 9.59 Å². The Hall–Kier alpha value is -1.57. The molecular formula is C12H19N3O2. The molecule has 0 aliphatic heterocycles. The molecule has 5 heteroatoms. The Balaban J connectivity index is 2.36. The van der Waals surface area contributed by atoms with Crippen molar-refractivity contribution in [2.24, 2.45) is 16.7 Å². The van der Waals surface area contributed by atoms with Crippen LogP contribution in [0, 0.1) is 28.1 Å². The Bertz CT molecular complexity index is 366.